The van der Waals surface area contributed by atoms with Crippen molar-refractivity contribution in [3.05, 3.63) is 35.6 Å². The predicted molar refractivity (Wildman–Crippen MR) is 71.3 cm³/mol. The second-order valence-corrected chi connectivity index (χ2v) is 6.10. The average molecular weight is 251 g/mol. The summed E-state index contributed by atoms with van der Waals surface area (Å²) >= 11 is 0. The fraction of sp³-hybridized carbons (Fsp3) is 0.600. The van der Waals surface area contributed by atoms with Crippen molar-refractivity contribution in [3.8, 4) is 0 Å². The molecule has 1 heterocycles. The second kappa shape index (κ2) is 4.98. The van der Waals surface area contributed by atoms with Crippen LogP contribution in [0.4, 0.5) is 4.39 Å². The van der Waals surface area contributed by atoms with Crippen LogP contribution in [0.15, 0.2) is 24.3 Å². The van der Waals surface area contributed by atoms with Gasteiger partial charge in [-0.1, -0.05) is 12.1 Å². The van der Waals surface area contributed by atoms with Gasteiger partial charge in [-0.15, -0.1) is 0 Å². The van der Waals surface area contributed by atoms with E-state index >= 15 is 0 Å². The van der Waals surface area contributed by atoms with E-state index in [0.29, 0.717) is 0 Å². The Hall–Kier alpha value is -0.930. The van der Waals surface area contributed by atoms with E-state index in [9.17, 15) is 4.39 Å². The molecule has 0 amide bonds. The molecular weight excluding hydrogens is 229 g/mol. The van der Waals surface area contributed by atoms with Crippen molar-refractivity contribution in [1.82, 2.24) is 5.32 Å². The molecule has 1 saturated heterocycles. The molecule has 1 aromatic carbocycles. The van der Waals surface area contributed by atoms with Crippen LogP contribution in [0.1, 0.15) is 32.8 Å². The fourth-order valence-electron chi connectivity index (χ4n) is 2.31. The molecule has 0 unspecified atom stereocenters. The Morgan fingerprint density at radius 1 is 1.22 bits per heavy atom. The second-order valence-electron chi connectivity index (χ2n) is 6.10. The van der Waals surface area contributed by atoms with Crippen molar-refractivity contribution in [3.63, 3.8) is 0 Å². The topological polar surface area (TPSA) is 21.3 Å². The molecule has 0 aromatic heterocycles. The maximum atomic E-state index is 13.0. The summed E-state index contributed by atoms with van der Waals surface area (Å²) in [6.07, 6.45) is 0.975. The zero-order valence-electron chi connectivity index (χ0n) is 11.4. The fourth-order valence-corrected chi connectivity index (χ4v) is 2.31. The summed E-state index contributed by atoms with van der Waals surface area (Å²) in [4.78, 5) is 0. The molecule has 1 aromatic rings. The zero-order chi connectivity index (χ0) is 13.2. The van der Waals surface area contributed by atoms with Gasteiger partial charge in [0.05, 0.1) is 5.60 Å². The van der Waals surface area contributed by atoms with Crippen LogP contribution >= 0.6 is 0 Å². The van der Waals surface area contributed by atoms with Gasteiger partial charge in [-0.25, -0.2) is 4.39 Å². The van der Waals surface area contributed by atoms with Crippen LogP contribution in [-0.4, -0.2) is 25.3 Å². The number of hydrogen-bond acceptors (Lipinski definition) is 2. The number of rotatable bonds is 4. The van der Waals surface area contributed by atoms with Gasteiger partial charge in [0.15, 0.2) is 0 Å². The van der Waals surface area contributed by atoms with Gasteiger partial charge in [0.1, 0.15) is 5.82 Å². The minimum Gasteiger partial charge on any atom is -0.376 e. The minimum absolute atomic E-state index is 0.0961. The summed E-state index contributed by atoms with van der Waals surface area (Å²) in [5, 5.41) is 3.31. The van der Waals surface area contributed by atoms with Crippen LogP contribution in [0.3, 0.4) is 0 Å². The number of halogens is 1. The highest BCUT2D eigenvalue weighted by molar-refractivity contribution is 5.30. The Labute approximate surface area is 109 Å². The number of ether oxygens (including phenoxy) is 1. The molecule has 1 N–H and O–H groups in total. The zero-order valence-corrected chi connectivity index (χ0v) is 11.4. The summed E-state index contributed by atoms with van der Waals surface area (Å²) in [7, 11) is 0. The lowest BCUT2D eigenvalue weighted by Gasteiger charge is -2.43. The Kier molecular flexibility index (Phi) is 3.74. The molecule has 18 heavy (non-hydrogen) atoms. The summed E-state index contributed by atoms with van der Waals surface area (Å²) in [6, 6.07) is 6.88. The normalized spacial score (nSPS) is 18.4. The van der Waals surface area contributed by atoms with Gasteiger partial charge in [0.25, 0.3) is 0 Å². The first-order chi connectivity index (χ1) is 8.41. The lowest BCUT2D eigenvalue weighted by molar-refractivity contribution is -0.0156. The van der Waals surface area contributed by atoms with Crippen LogP contribution in [0, 0.1) is 5.82 Å². The summed E-state index contributed by atoms with van der Waals surface area (Å²) in [5.41, 5.74) is 1.24. The first-order valence-electron chi connectivity index (χ1n) is 6.52. The third-order valence-electron chi connectivity index (χ3n) is 3.50. The number of hydrogen-bond donors (Lipinski definition) is 1. The Morgan fingerprint density at radius 3 is 2.28 bits per heavy atom. The van der Waals surface area contributed by atoms with Gasteiger partial charge in [-0.05, 0) is 44.9 Å². The van der Waals surface area contributed by atoms with Crippen LogP contribution in [-0.2, 0) is 10.2 Å². The summed E-state index contributed by atoms with van der Waals surface area (Å²) in [6.45, 7) is 8.84. The molecule has 0 bridgehead atoms. The SMILES string of the molecule is CC(C)(C)OCCC1(c2ccc(F)cc2)CNC1. The maximum Gasteiger partial charge on any atom is 0.123 e. The van der Waals surface area contributed by atoms with E-state index in [2.05, 4.69) is 26.1 Å². The third-order valence-corrected chi connectivity index (χ3v) is 3.50. The van der Waals surface area contributed by atoms with Crippen molar-refractivity contribution in [1.29, 1.82) is 0 Å². The number of benzene rings is 1. The maximum absolute atomic E-state index is 13.0. The van der Waals surface area contributed by atoms with Crippen LogP contribution in [0.2, 0.25) is 0 Å². The molecule has 0 aliphatic carbocycles. The molecule has 0 saturated carbocycles. The first kappa shape index (κ1) is 13.5. The van der Waals surface area contributed by atoms with Crippen LogP contribution < -0.4 is 5.32 Å². The molecule has 2 rings (SSSR count). The Morgan fingerprint density at radius 2 is 1.83 bits per heavy atom. The van der Waals surface area contributed by atoms with E-state index in [0.717, 1.165) is 26.1 Å². The van der Waals surface area contributed by atoms with Gasteiger partial charge in [0, 0.05) is 25.1 Å². The molecule has 2 nitrogen and oxygen atoms in total. The van der Waals surface area contributed by atoms with Gasteiger partial charge in [0.2, 0.25) is 0 Å². The van der Waals surface area contributed by atoms with Crippen molar-refractivity contribution in [2.45, 2.75) is 38.2 Å². The van der Waals surface area contributed by atoms with Crippen LogP contribution in [0.25, 0.3) is 0 Å². The minimum atomic E-state index is -0.174. The van der Waals surface area contributed by atoms with E-state index in [-0.39, 0.29) is 16.8 Å². The molecule has 1 aliphatic heterocycles. The molecule has 1 aliphatic rings. The van der Waals surface area contributed by atoms with Crippen LogP contribution in [0.5, 0.6) is 0 Å². The van der Waals surface area contributed by atoms with E-state index in [1.807, 2.05) is 12.1 Å². The molecular formula is C15H22FNO. The van der Waals surface area contributed by atoms with Crippen molar-refractivity contribution in [2.75, 3.05) is 19.7 Å². The molecule has 0 radical (unpaired) electrons. The molecule has 0 spiro atoms. The van der Waals surface area contributed by atoms with E-state index in [4.69, 9.17) is 4.74 Å². The van der Waals surface area contributed by atoms with Gasteiger partial charge in [-0.2, -0.15) is 0 Å². The van der Waals surface area contributed by atoms with Crippen molar-refractivity contribution >= 4 is 0 Å². The van der Waals surface area contributed by atoms with Gasteiger partial charge < -0.3 is 10.1 Å². The van der Waals surface area contributed by atoms with Crippen molar-refractivity contribution < 1.29 is 9.13 Å². The first-order valence-corrected chi connectivity index (χ1v) is 6.52. The summed E-state index contributed by atoms with van der Waals surface area (Å²) in [5.74, 6) is -0.174. The van der Waals surface area contributed by atoms with E-state index in [1.54, 1.807) is 12.1 Å². The molecule has 100 valence electrons. The highest BCUT2D eigenvalue weighted by Crippen LogP contribution is 2.32. The third kappa shape index (κ3) is 3.09. The van der Waals surface area contributed by atoms with Gasteiger partial charge in [-0.3, -0.25) is 0 Å². The Bertz CT molecular complexity index is 390. The lowest BCUT2D eigenvalue weighted by atomic mass is 9.73. The monoisotopic (exact) mass is 251 g/mol. The van der Waals surface area contributed by atoms with Crippen molar-refractivity contribution in [2.24, 2.45) is 0 Å². The predicted octanol–water partition coefficient (Wildman–Crippen LogP) is 2.87. The lowest BCUT2D eigenvalue weighted by Crippen LogP contribution is -2.57. The van der Waals surface area contributed by atoms with E-state index < -0.39 is 0 Å². The largest absolute Gasteiger partial charge is 0.376 e. The highest BCUT2D eigenvalue weighted by Gasteiger charge is 2.38. The van der Waals surface area contributed by atoms with E-state index in [1.165, 1.54) is 5.56 Å². The smallest absolute Gasteiger partial charge is 0.123 e. The molecule has 3 heteroatoms. The highest BCUT2D eigenvalue weighted by atomic mass is 19.1. The quantitative estimate of drug-likeness (QED) is 0.888. The molecule has 1 fully saturated rings. The average Bonchev–Trinajstić information content (AvgIpc) is 2.22. The standard InChI is InChI=1S/C15H22FNO/c1-14(2,3)18-9-8-15(10-17-11-15)12-4-6-13(16)7-5-12/h4-7,17H,8-11H2,1-3H3. The number of nitrogens with one attached hydrogen (secondary N) is 1. The molecule has 0 atom stereocenters. The van der Waals surface area contributed by atoms with Gasteiger partial charge >= 0.3 is 0 Å². The summed E-state index contributed by atoms with van der Waals surface area (Å²) < 4.78 is 18.8. The Balaban J connectivity index is 2.00.